The molecule has 1 aromatic heterocycles. The molecule has 20 heavy (non-hydrogen) atoms. The van der Waals surface area contributed by atoms with Crippen molar-refractivity contribution < 1.29 is 0 Å². The average Bonchev–Trinajstić information content (AvgIpc) is 2.49. The Balaban J connectivity index is 2.26. The molecule has 0 fully saturated rings. The van der Waals surface area contributed by atoms with E-state index in [1.807, 2.05) is 24.3 Å². The van der Waals surface area contributed by atoms with E-state index >= 15 is 0 Å². The maximum absolute atomic E-state index is 6.16. The van der Waals surface area contributed by atoms with Crippen molar-refractivity contribution in [3.63, 3.8) is 0 Å². The Morgan fingerprint density at radius 3 is 2.60 bits per heavy atom. The van der Waals surface area contributed by atoms with Gasteiger partial charge in [0.25, 0.3) is 0 Å². The molecule has 0 aliphatic heterocycles. The first-order chi connectivity index (χ1) is 9.64. The second-order valence-corrected chi connectivity index (χ2v) is 5.92. The monoisotopic (exact) mass is 310 g/mol. The van der Waals surface area contributed by atoms with Gasteiger partial charge in [-0.3, -0.25) is 4.98 Å². The Kier molecular flexibility index (Phi) is 5.11. The maximum atomic E-state index is 6.16. The molecule has 0 aliphatic carbocycles. The molecule has 0 unspecified atom stereocenters. The van der Waals surface area contributed by atoms with Gasteiger partial charge in [0, 0.05) is 40.1 Å². The molecule has 0 spiro atoms. The van der Waals surface area contributed by atoms with Gasteiger partial charge < -0.3 is 5.32 Å². The number of pyridine rings is 1. The molecular weight excluding hydrogens is 291 g/mol. The molecule has 2 rings (SSSR count). The fourth-order valence-electron chi connectivity index (χ4n) is 2.29. The molecule has 0 bridgehead atoms. The van der Waals surface area contributed by atoms with E-state index in [0.717, 1.165) is 36.0 Å². The Hall–Kier alpha value is -0.990. The van der Waals surface area contributed by atoms with Gasteiger partial charge in [-0.05, 0) is 37.1 Å². The van der Waals surface area contributed by atoms with Gasteiger partial charge in [-0.1, -0.05) is 25.4 Å². The first kappa shape index (κ1) is 15.4. The summed E-state index contributed by atoms with van der Waals surface area (Å²) in [4.78, 5) is 4.36. The normalized spacial score (nSPS) is 11.8. The van der Waals surface area contributed by atoms with Gasteiger partial charge in [-0.25, -0.2) is 0 Å². The van der Waals surface area contributed by atoms with Crippen LogP contribution in [0.15, 0.2) is 30.5 Å². The summed E-state index contributed by atoms with van der Waals surface area (Å²) in [5.41, 5.74) is 2.14. The average molecular weight is 311 g/mol. The molecule has 0 radical (unpaired) electrons. The van der Waals surface area contributed by atoms with Crippen LogP contribution in [0.3, 0.4) is 0 Å². The largest absolute Gasteiger partial charge is 0.384 e. The lowest BCUT2D eigenvalue weighted by Gasteiger charge is -2.30. The molecule has 0 saturated carbocycles. The zero-order valence-electron chi connectivity index (χ0n) is 11.9. The number of nitrogens with one attached hydrogen (secondary N) is 1. The van der Waals surface area contributed by atoms with E-state index in [0.29, 0.717) is 10.9 Å². The number of anilines is 1. The lowest BCUT2D eigenvalue weighted by atomic mass is 9.84. The van der Waals surface area contributed by atoms with Crippen LogP contribution in [0.1, 0.15) is 26.7 Å². The molecule has 2 aromatic rings. The minimum absolute atomic E-state index is 0.142. The molecule has 1 heterocycles. The van der Waals surface area contributed by atoms with Gasteiger partial charge in [0.05, 0.1) is 5.52 Å². The highest BCUT2D eigenvalue weighted by Gasteiger charge is 2.24. The Morgan fingerprint density at radius 2 is 1.95 bits per heavy atom. The van der Waals surface area contributed by atoms with Crippen molar-refractivity contribution >= 4 is 39.8 Å². The summed E-state index contributed by atoms with van der Waals surface area (Å²) >= 11 is 12.2. The van der Waals surface area contributed by atoms with Crippen LogP contribution < -0.4 is 5.32 Å². The fourth-order valence-corrected chi connectivity index (χ4v) is 2.93. The van der Waals surface area contributed by atoms with Crippen LogP contribution in [0.5, 0.6) is 0 Å². The molecule has 4 heteroatoms. The zero-order valence-corrected chi connectivity index (χ0v) is 13.4. The lowest BCUT2D eigenvalue weighted by Crippen LogP contribution is -2.30. The van der Waals surface area contributed by atoms with Crippen LogP contribution in [0.4, 0.5) is 5.69 Å². The van der Waals surface area contributed by atoms with Crippen molar-refractivity contribution in [2.75, 3.05) is 17.7 Å². The number of alkyl halides is 1. The van der Waals surface area contributed by atoms with Crippen molar-refractivity contribution in [3.8, 4) is 0 Å². The van der Waals surface area contributed by atoms with Crippen LogP contribution in [0, 0.1) is 5.41 Å². The molecule has 0 amide bonds. The van der Waals surface area contributed by atoms with E-state index in [1.165, 1.54) is 0 Å². The number of benzene rings is 1. The number of halogens is 2. The van der Waals surface area contributed by atoms with Crippen LogP contribution >= 0.6 is 23.2 Å². The minimum atomic E-state index is 0.142. The van der Waals surface area contributed by atoms with Crippen LogP contribution in [-0.4, -0.2) is 17.4 Å². The van der Waals surface area contributed by atoms with Crippen molar-refractivity contribution in [2.45, 2.75) is 26.7 Å². The van der Waals surface area contributed by atoms with Crippen molar-refractivity contribution in [1.29, 1.82) is 0 Å². The summed E-state index contributed by atoms with van der Waals surface area (Å²) < 4.78 is 0. The second-order valence-electron chi connectivity index (χ2n) is 5.21. The summed E-state index contributed by atoms with van der Waals surface area (Å²) in [5.74, 6) is 0.668. The molecule has 1 aromatic carbocycles. The quantitative estimate of drug-likeness (QED) is 0.728. The van der Waals surface area contributed by atoms with E-state index in [9.17, 15) is 0 Å². The third-order valence-electron chi connectivity index (χ3n) is 4.14. The predicted octanol–water partition coefficient (Wildman–Crippen LogP) is 5.35. The zero-order chi connectivity index (χ0) is 14.6. The molecule has 0 saturated heterocycles. The smallest absolute Gasteiger partial charge is 0.0737 e. The number of hydrogen-bond donors (Lipinski definition) is 1. The van der Waals surface area contributed by atoms with E-state index in [-0.39, 0.29) is 5.41 Å². The van der Waals surface area contributed by atoms with E-state index < -0.39 is 0 Å². The summed E-state index contributed by atoms with van der Waals surface area (Å²) in [6.07, 6.45) is 3.94. The van der Waals surface area contributed by atoms with Gasteiger partial charge in [0.2, 0.25) is 0 Å². The number of hydrogen-bond acceptors (Lipinski definition) is 2. The van der Waals surface area contributed by atoms with Crippen LogP contribution in [0.2, 0.25) is 5.02 Å². The second kappa shape index (κ2) is 6.64. The summed E-state index contributed by atoms with van der Waals surface area (Å²) in [6, 6.07) is 7.79. The summed E-state index contributed by atoms with van der Waals surface area (Å²) in [5, 5.41) is 5.33. The number of aromatic nitrogens is 1. The van der Waals surface area contributed by atoms with Gasteiger partial charge in [-0.15, -0.1) is 11.6 Å². The van der Waals surface area contributed by atoms with Gasteiger partial charge >= 0.3 is 0 Å². The lowest BCUT2D eigenvalue weighted by molar-refractivity contribution is 0.327. The van der Waals surface area contributed by atoms with E-state index in [1.54, 1.807) is 6.20 Å². The topological polar surface area (TPSA) is 24.9 Å². The number of rotatable bonds is 6. The highest BCUT2D eigenvalue weighted by Crippen LogP contribution is 2.30. The van der Waals surface area contributed by atoms with E-state index in [2.05, 4.69) is 24.1 Å². The first-order valence-electron chi connectivity index (χ1n) is 6.98. The first-order valence-corrected chi connectivity index (χ1v) is 7.89. The fraction of sp³-hybridized carbons (Fsp3) is 0.438. The van der Waals surface area contributed by atoms with E-state index in [4.69, 9.17) is 23.2 Å². The standard InChI is InChI=1S/C16H20Cl2N2/c1-3-16(4-2,10-17)11-20-14-7-8-19-15-9-12(18)5-6-13(14)15/h5-9H,3-4,10-11H2,1-2H3,(H,19,20). The number of fused-ring (bicyclic) bond motifs is 1. The summed E-state index contributed by atoms with van der Waals surface area (Å²) in [6.45, 7) is 5.25. The van der Waals surface area contributed by atoms with Gasteiger partial charge in [-0.2, -0.15) is 0 Å². The Labute approximate surface area is 130 Å². The van der Waals surface area contributed by atoms with Crippen LogP contribution in [0.25, 0.3) is 10.9 Å². The SMILES string of the molecule is CCC(CC)(CCl)CNc1ccnc2cc(Cl)ccc12. The van der Waals surface area contributed by atoms with Gasteiger partial charge in [0.1, 0.15) is 0 Å². The maximum Gasteiger partial charge on any atom is 0.0737 e. The summed E-state index contributed by atoms with van der Waals surface area (Å²) in [7, 11) is 0. The third kappa shape index (κ3) is 3.18. The Bertz CT molecular complexity index is 571. The molecule has 1 N–H and O–H groups in total. The molecule has 0 aliphatic rings. The molecule has 2 nitrogen and oxygen atoms in total. The van der Waals surface area contributed by atoms with Crippen LogP contribution in [-0.2, 0) is 0 Å². The third-order valence-corrected chi connectivity index (χ3v) is 4.94. The van der Waals surface area contributed by atoms with Crippen molar-refractivity contribution in [1.82, 2.24) is 4.98 Å². The van der Waals surface area contributed by atoms with Crippen molar-refractivity contribution in [3.05, 3.63) is 35.5 Å². The molecule has 108 valence electrons. The highest BCUT2D eigenvalue weighted by atomic mass is 35.5. The highest BCUT2D eigenvalue weighted by molar-refractivity contribution is 6.31. The van der Waals surface area contributed by atoms with Crippen molar-refractivity contribution in [2.24, 2.45) is 5.41 Å². The minimum Gasteiger partial charge on any atom is -0.384 e. The number of nitrogens with zero attached hydrogens (tertiary/aromatic N) is 1. The van der Waals surface area contributed by atoms with Gasteiger partial charge in [0.15, 0.2) is 0 Å². The molecule has 0 atom stereocenters. The molecular formula is C16H20Cl2N2. The Morgan fingerprint density at radius 1 is 1.20 bits per heavy atom. The predicted molar refractivity (Wildman–Crippen MR) is 89.0 cm³/mol.